The molecule has 0 atom stereocenters. The summed E-state index contributed by atoms with van der Waals surface area (Å²) in [4.78, 5) is 0. The molecule has 0 saturated carbocycles. The molecule has 0 saturated heterocycles. The fourth-order valence-electron chi connectivity index (χ4n) is 2.20. The minimum absolute atomic E-state index is 0.260. The summed E-state index contributed by atoms with van der Waals surface area (Å²) < 4.78 is 0. The molecular formula is C16H17ClN2. The smallest absolute Gasteiger partial charge is 0.0772 e. The van der Waals surface area contributed by atoms with Crippen LogP contribution in [0.2, 0.25) is 5.02 Å². The Kier molecular flexibility index (Phi) is 3.91. The first-order valence-electron chi connectivity index (χ1n) is 6.15. The molecular weight excluding hydrogens is 256 g/mol. The van der Waals surface area contributed by atoms with Crippen molar-refractivity contribution in [2.24, 2.45) is 10.9 Å². The topological polar surface area (TPSA) is 38.4 Å². The third-order valence-corrected chi connectivity index (χ3v) is 3.59. The predicted molar refractivity (Wildman–Crippen MR) is 81.6 cm³/mol. The van der Waals surface area contributed by atoms with E-state index in [0.29, 0.717) is 5.02 Å². The Labute approximate surface area is 118 Å². The van der Waals surface area contributed by atoms with Gasteiger partial charge in [-0.2, -0.15) is 5.10 Å². The van der Waals surface area contributed by atoms with Crippen molar-refractivity contribution in [1.29, 1.82) is 0 Å². The molecule has 98 valence electrons. The van der Waals surface area contributed by atoms with Crippen molar-refractivity contribution < 1.29 is 0 Å². The fourth-order valence-corrected chi connectivity index (χ4v) is 2.32. The van der Waals surface area contributed by atoms with Crippen molar-refractivity contribution in [3.63, 3.8) is 0 Å². The molecule has 3 heteroatoms. The molecule has 0 unspecified atom stereocenters. The van der Waals surface area contributed by atoms with Crippen LogP contribution in [0.5, 0.6) is 0 Å². The highest BCUT2D eigenvalue weighted by Gasteiger charge is 2.28. The number of nitrogens with zero attached hydrogens (tertiary/aromatic N) is 1. The molecule has 0 aromatic heterocycles. The summed E-state index contributed by atoms with van der Waals surface area (Å²) in [5, 5.41) is 4.72. The monoisotopic (exact) mass is 272 g/mol. The van der Waals surface area contributed by atoms with E-state index in [1.54, 1.807) is 0 Å². The molecule has 0 amide bonds. The summed E-state index contributed by atoms with van der Waals surface area (Å²) in [6.07, 6.45) is 0. The lowest BCUT2D eigenvalue weighted by molar-refractivity contribution is 0.714. The Hall–Kier alpha value is -1.80. The summed E-state index contributed by atoms with van der Waals surface area (Å²) >= 11 is 5.92. The number of hydrazone groups is 1. The highest BCUT2D eigenvalue weighted by Crippen LogP contribution is 2.28. The molecule has 0 bridgehead atoms. The van der Waals surface area contributed by atoms with E-state index in [1.807, 2.05) is 42.5 Å². The van der Waals surface area contributed by atoms with Gasteiger partial charge in [-0.3, -0.25) is 0 Å². The number of hydrogen-bond acceptors (Lipinski definition) is 2. The Bertz CT molecular complexity index is 571. The summed E-state index contributed by atoms with van der Waals surface area (Å²) in [7, 11) is 0. The maximum Gasteiger partial charge on any atom is 0.0772 e. The van der Waals surface area contributed by atoms with Crippen LogP contribution in [-0.4, -0.2) is 5.71 Å². The minimum atomic E-state index is -0.260. The lowest BCUT2D eigenvalue weighted by Crippen LogP contribution is -2.31. The van der Waals surface area contributed by atoms with Crippen LogP contribution in [0.15, 0.2) is 59.7 Å². The Morgan fingerprint density at radius 3 is 2.11 bits per heavy atom. The van der Waals surface area contributed by atoms with Gasteiger partial charge in [0.25, 0.3) is 0 Å². The normalized spacial score (nSPS) is 12.5. The quantitative estimate of drug-likeness (QED) is 0.512. The molecule has 2 aromatic rings. The molecule has 2 nitrogen and oxygen atoms in total. The van der Waals surface area contributed by atoms with Crippen molar-refractivity contribution >= 4 is 17.3 Å². The number of rotatable bonds is 3. The number of halogens is 1. The zero-order chi connectivity index (χ0) is 13.9. The number of benzene rings is 2. The van der Waals surface area contributed by atoms with Gasteiger partial charge < -0.3 is 5.84 Å². The molecule has 0 radical (unpaired) electrons. The van der Waals surface area contributed by atoms with Crippen LogP contribution >= 0.6 is 11.6 Å². The first-order valence-corrected chi connectivity index (χ1v) is 6.53. The molecule has 0 heterocycles. The maximum atomic E-state index is 5.92. The third-order valence-electron chi connectivity index (χ3n) is 3.33. The van der Waals surface area contributed by atoms with Crippen LogP contribution in [0, 0.1) is 0 Å². The van der Waals surface area contributed by atoms with Crippen LogP contribution in [0.1, 0.15) is 25.0 Å². The minimum Gasteiger partial charge on any atom is -0.323 e. The van der Waals surface area contributed by atoms with E-state index in [-0.39, 0.29) is 5.41 Å². The van der Waals surface area contributed by atoms with Crippen molar-refractivity contribution in [3.05, 3.63) is 70.7 Å². The van der Waals surface area contributed by atoms with Crippen molar-refractivity contribution in [3.8, 4) is 0 Å². The fraction of sp³-hybridized carbons (Fsp3) is 0.188. The van der Waals surface area contributed by atoms with Gasteiger partial charge in [0.05, 0.1) is 5.71 Å². The van der Waals surface area contributed by atoms with Gasteiger partial charge in [0.1, 0.15) is 0 Å². The van der Waals surface area contributed by atoms with E-state index in [0.717, 1.165) is 11.3 Å². The summed E-state index contributed by atoms with van der Waals surface area (Å²) in [6, 6.07) is 17.8. The number of nitrogens with two attached hydrogens (primary N) is 1. The van der Waals surface area contributed by atoms with E-state index >= 15 is 0 Å². The SMILES string of the molecule is CC(C)(C(=NN)c1ccc(Cl)cc1)c1ccccc1. The Balaban J connectivity index is 2.45. The number of hydrogen-bond donors (Lipinski definition) is 1. The lowest BCUT2D eigenvalue weighted by Gasteiger charge is -2.27. The van der Waals surface area contributed by atoms with Crippen LogP contribution in [0.3, 0.4) is 0 Å². The van der Waals surface area contributed by atoms with Gasteiger partial charge in [-0.25, -0.2) is 0 Å². The van der Waals surface area contributed by atoms with E-state index in [9.17, 15) is 0 Å². The third kappa shape index (κ3) is 2.79. The summed E-state index contributed by atoms with van der Waals surface area (Å²) in [5.74, 6) is 5.62. The van der Waals surface area contributed by atoms with Crippen molar-refractivity contribution in [2.75, 3.05) is 0 Å². The highest BCUT2D eigenvalue weighted by molar-refractivity contribution is 6.30. The standard InChI is InChI=1S/C16H17ClN2/c1-16(2,13-6-4-3-5-7-13)15(19-18)12-8-10-14(17)11-9-12/h3-11H,18H2,1-2H3. The van der Waals surface area contributed by atoms with Gasteiger partial charge in [0.15, 0.2) is 0 Å². The zero-order valence-electron chi connectivity index (χ0n) is 11.1. The molecule has 2 rings (SSSR count). The average Bonchev–Trinajstić information content (AvgIpc) is 2.42. The summed E-state index contributed by atoms with van der Waals surface area (Å²) in [5.41, 5.74) is 2.74. The van der Waals surface area contributed by atoms with E-state index < -0.39 is 0 Å². The lowest BCUT2D eigenvalue weighted by atomic mass is 9.77. The van der Waals surface area contributed by atoms with E-state index in [1.165, 1.54) is 5.56 Å². The first kappa shape index (κ1) is 13.6. The van der Waals surface area contributed by atoms with Gasteiger partial charge in [-0.15, -0.1) is 0 Å². The van der Waals surface area contributed by atoms with Crippen LogP contribution in [0.4, 0.5) is 0 Å². The Morgan fingerprint density at radius 2 is 1.58 bits per heavy atom. The molecule has 0 aliphatic rings. The molecule has 0 aliphatic carbocycles. The molecule has 19 heavy (non-hydrogen) atoms. The molecule has 2 aromatic carbocycles. The Morgan fingerprint density at radius 1 is 1.00 bits per heavy atom. The predicted octanol–water partition coefficient (Wildman–Crippen LogP) is 3.98. The first-order chi connectivity index (χ1) is 9.05. The van der Waals surface area contributed by atoms with E-state index in [4.69, 9.17) is 17.4 Å². The molecule has 2 N–H and O–H groups in total. The largest absolute Gasteiger partial charge is 0.323 e. The zero-order valence-corrected chi connectivity index (χ0v) is 11.9. The van der Waals surface area contributed by atoms with Crippen molar-refractivity contribution in [1.82, 2.24) is 0 Å². The van der Waals surface area contributed by atoms with Gasteiger partial charge in [0.2, 0.25) is 0 Å². The molecule has 0 fully saturated rings. The second-order valence-corrected chi connectivity index (χ2v) is 5.41. The highest BCUT2D eigenvalue weighted by atomic mass is 35.5. The van der Waals surface area contributed by atoms with E-state index in [2.05, 4.69) is 31.1 Å². The van der Waals surface area contributed by atoms with Gasteiger partial charge in [-0.05, 0) is 23.3 Å². The van der Waals surface area contributed by atoms with Gasteiger partial charge >= 0.3 is 0 Å². The second kappa shape index (κ2) is 5.45. The maximum absolute atomic E-state index is 5.92. The van der Waals surface area contributed by atoms with Crippen LogP contribution in [-0.2, 0) is 5.41 Å². The van der Waals surface area contributed by atoms with Crippen LogP contribution < -0.4 is 5.84 Å². The van der Waals surface area contributed by atoms with Gasteiger partial charge in [0, 0.05) is 10.4 Å². The average molecular weight is 273 g/mol. The molecule has 0 spiro atoms. The van der Waals surface area contributed by atoms with Gasteiger partial charge in [-0.1, -0.05) is 67.9 Å². The summed E-state index contributed by atoms with van der Waals surface area (Å²) in [6.45, 7) is 4.23. The second-order valence-electron chi connectivity index (χ2n) is 4.98. The molecule has 0 aliphatic heterocycles. The van der Waals surface area contributed by atoms with Crippen LogP contribution in [0.25, 0.3) is 0 Å². The van der Waals surface area contributed by atoms with Crippen molar-refractivity contribution in [2.45, 2.75) is 19.3 Å².